The third kappa shape index (κ3) is 4.34. The van der Waals surface area contributed by atoms with Crippen LogP contribution >= 0.6 is 0 Å². The van der Waals surface area contributed by atoms with E-state index in [1.54, 1.807) is 0 Å². The third-order valence-corrected chi connectivity index (χ3v) is 4.47. The van der Waals surface area contributed by atoms with E-state index in [2.05, 4.69) is 51.6 Å². The van der Waals surface area contributed by atoms with Crippen LogP contribution in [0.5, 0.6) is 0 Å². The van der Waals surface area contributed by atoms with E-state index < -0.39 is 0 Å². The molecule has 118 valence electrons. The first kappa shape index (κ1) is 15.1. The fourth-order valence-corrected chi connectivity index (χ4v) is 3.19. The number of benzene rings is 1. The molecule has 3 rings (SSSR count). The number of aromatic amines is 1. The molecule has 1 aliphatic heterocycles. The predicted octanol–water partition coefficient (Wildman–Crippen LogP) is 3.23. The number of hydrogen-bond donors (Lipinski definition) is 2. The van der Waals surface area contributed by atoms with Crippen molar-refractivity contribution >= 4 is 5.69 Å². The van der Waals surface area contributed by atoms with E-state index in [4.69, 9.17) is 0 Å². The zero-order valence-corrected chi connectivity index (χ0v) is 13.4. The number of nitrogens with one attached hydrogen (secondary N) is 2. The standard InChI is InChI=1S/C18H26N4/c1-15-4-2-6-18(12-15)21-17-7-10-22(11-8-17)9-3-5-16-13-19-20-14-16/h2,4,6,12-14,17,21H,3,5,7-11H2,1H3,(H,19,20). The maximum absolute atomic E-state index is 4.00. The van der Waals surface area contributed by atoms with Gasteiger partial charge >= 0.3 is 0 Å². The summed E-state index contributed by atoms with van der Waals surface area (Å²) in [5, 5.41) is 10.6. The minimum atomic E-state index is 0.618. The number of aryl methyl sites for hydroxylation is 2. The first-order chi connectivity index (χ1) is 10.8. The summed E-state index contributed by atoms with van der Waals surface area (Å²) in [6.45, 7) is 5.75. The van der Waals surface area contributed by atoms with Gasteiger partial charge in [-0.1, -0.05) is 12.1 Å². The molecule has 1 aliphatic rings. The van der Waals surface area contributed by atoms with Crippen LogP contribution in [-0.4, -0.2) is 40.8 Å². The van der Waals surface area contributed by atoms with Gasteiger partial charge in [-0.15, -0.1) is 0 Å². The number of piperidine rings is 1. The molecule has 0 radical (unpaired) electrons. The Morgan fingerprint density at radius 2 is 2.18 bits per heavy atom. The molecular formula is C18H26N4. The lowest BCUT2D eigenvalue weighted by Crippen LogP contribution is -2.39. The van der Waals surface area contributed by atoms with Gasteiger partial charge in [0.1, 0.15) is 0 Å². The van der Waals surface area contributed by atoms with Crippen molar-refractivity contribution in [2.45, 2.75) is 38.6 Å². The Kier molecular flexibility index (Phi) is 5.11. The van der Waals surface area contributed by atoms with Crippen molar-refractivity contribution in [3.8, 4) is 0 Å². The zero-order valence-electron chi connectivity index (χ0n) is 13.4. The van der Waals surface area contributed by atoms with Gasteiger partial charge < -0.3 is 10.2 Å². The van der Waals surface area contributed by atoms with Crippen LogP contribution in [0.4, 0.5) is 5.69 Å². The second kappa shape index (κ2) is 7.45. The van der Waals surface area contributed by atoms with Gasteiger partial charge in [0, 0.05) is 31.0 Å². The molecule has 2 aromatic rings. The molecule has 0 unspecified atom stereocenters. The lowest BCUT2D eigenvalue weighted by molar-refractivity contribution is 0.217. The molecular weight excluding hydrogens is 272 g/mol. The molecule has 4 heteroatoms. The van der Waals surface area contributed by atoms with Gasteiger partial charge in [-0.25, -0.2) is 0 Å². The highest BCUT2D eigenvalue weighted by atomic mass is 15.1. The van der Waals surface area contributed by atoms with Gasteiger partial charge in [-0.3, -0.25) is 5.10 Å². The van der Waals surface area contributed by atoms with Crippen molar-refractivity contribution in [3.05, 3.63) is 47.8 Å². The molecule has 2 heterocycles. The Morgan fingerprint density at radius 1 is 1.32 bits per heavy atom. The lowest BCUT2D eigenvalue weighted by atomic mass is 10.0. The number of anilines is 1. The molecule has 22 heavy (non-hydrogen) atoms. The smallest absolute Gasteiger partial charge is 0.0519 e. The van der Waals surface area contributed by atoms with Crippen LogP contribution in [0.25, 0.3) is 0 Å². The maximum Gasteiger partial charge on any atom is 0.0519 e. The summed E-state index contributed by atoms with van der Waals surface area (Å²) in [4.78, 5) is 2.59. The number of nitrogens with zero attached hydrogens (tertiary/aromatic N) is 2. The fourth-order valence-electron chi connectivity index (χ4n) is 3.19. The first-order valence-corrected chi connectivity index (χ1v) is 8.33. The van der Waals surface area contributed by atoms with E-state index in [1.807, 2.05) is 12.4 Å². The van der Waals surface area contributed by atoms with E-state index in [-0.39, 0.29) is 0 Å². The maximum atomic E-state index is 4.00. The van der Waals surface area contributed by atoms with Crippen LogP contribution in [-0.2, 0) is 6.42 Å². The summed E-state index contributed by atoms with van der Waals surface area (Å²) in [5.74, 6) is 0. The Labute approximate surface area is 132 Å². The average Bonchev–Trinajstić information content (AvgIpc) is 3.02. The Hall–Kier alpha value is -1.81. The topological polar surface area (TPSA) is 44.0 Å². The van der Waals surface area contributed by atoms with Crippen molar-refractivity contribution in [3.63, 3.8) is 0 Å². The Balaban J connectivity index is 1.37. The molecule has 1 aromatic carbocycles. The van der Waals surface area contributed by atoms with Gasteiger partial charge in [0.25, 0.3) is 0 Å². The fraction of sp³-hybridized carbons (Fsp3) is 0.500. The van der Waals surface area contributed by atoms with E-state index in [9.17, 15) is 0 Å². The molecule has 2 N–H and O–H groups in total. The first-order valence-electron chi connectivity index (χ1n) is 8.33. The molecule has 0 amide bonds. The molecule has 1 fully saturated rings. The number of likely N-dealkylation sites (tertiary alicyclic amines) is 1. The predicted molar refractivity (Wildman–Crippen MR) is 91.2 cm³/mol. The van der Waals surface area contributed by atoms with E-state index >= 15 is 0 Å². The Morgan fingerprint density at radius 3 is 2.91 bits per heavy atom. The molecule has 4 nitrogen and oxygen atoms in total. The number of hydrogen-bond acceptors (Lipinski definition) is 3. The molecule has 0 spiro atoms. The highest BCUT2D eigenvalue weighted by Crippen LogP contribution is 2.18. The summed E-state index contributed by atoms with van der Waals surface area (Å²) >= 11 is 0. The van der Waals surface area contributed by atoms with Crippen LogP contribution in [0.1, 0.15) is 30.4 Å². The van der Waals surface area contributed by atoms with E-state index in [0.29, 0.717) is 6.04 Å². The van der Waals surface area contributed by atoms with Crippen LogP contribution < -0.4 is 5.32 Å². The van der Waals surface area contributed by atoms with Crippen molar-refractivity contribution < 1.29 is 0 Å². The average molecular weight is 298 g/mol. The lowest BCUT2D eigenvalue weighted by Gasteiger charge is -2.32. The van der Waals surface area contributed by atoms with Crippen molar-refractivity contribution in [2.24, 2.45) is 0 Å². The highest BCUT2D eigenvalue weighted by Gasteiger charge is 2.18. The molecule has 1 aromatic heterocycles. The molecule has 0 aliphatic carbocycles. The summed E-state index contributed by atoms with van der Waals surface area (Å²) in [6, 6.07) is 9.30. The van der Waals surface area contributed by atoms with Gasteiger partial charge in [-0.05, 0) is 62.4 Å². The summed E-state index contributed by atoms with van der Waals surface area (Å²) < 4.78 is 0. The van der Waals surface area contributed by atoms with Crippen molar-refractivity contribution in [1.82, 2.24) is 15.1 Å². The highest BCUT2D eigenvalue weighted by molar-refractivity contribution is 5.46. The summed E-state index contributed by atoms with van der Waals surface area (Å²) in [6.07, 6.45) is 8.74. The van der Waals surface area contributed by atoms with Crippen LogP contribution in [0, 0.1) is 6.92 Å². The molecule has 1 saturated heterocycles. The minimum Gasteiger partial charge on any atom is -0.382 e. The third-order valence-electron chi connectivity index (χ3n) is 4.47. The minimum absolute atomic E-state index is 0.618. The van der Waals surface area contributed by atoms with Crippen LogP contribution in [0.15, 0.2) is 36.7 Å². The monoisotopic (exact) mass is 298 g/mol. The van der Waals surface area contributed by atoms with Gasteiger partial charge in [0.15, 0.2) is 0 Å². The number of rotatable bonds is 6. The van der Waals surface area contributed by atoms with Crippen LogP contribution in [0.3, 0.4) is 0 Å². The van der Waals surface area contributed by atoms with E-state index in [0.717, 1.165) is 6.42 Å². The quantitative estimate of drug-likeness (QED) is 0.860. The summed E-state index contributed by atoms with van der Waals surface area (Å²) in [7, 11) is 0. The SMILES string of the molecule is Cc1cccc(NC2CCN(CCCc3cn[nH]c3)CC2)c1. The second-order valence-electron chi connectivity index (χ2n) is 6.34. The van der Waals surface area contributed by atoms with Gasteiger partial charge in [-0.2, -0.15) is 5.10 Å². The van der Waals surface area contributed by atoms with Crippen molar-refractivity contribution in [1.29, 1.82) is 0 Å². The molecule has 0 atom stereocenters. The number of aromatic nitrogens is 2. The van der Waals surface area contributed by atoms with Crippen LogP contribution in [0.2, 0.25) is 0 Å². The molecule has 0 bridgehead atoms. The molecule has 0 saturated carbocycles. The normalized spacial score (nSPS) is 16.8. The van der Waals surface area contributed by atoms with E-state index in [1.165, 1.54) is 55.7 Å². The van der Waals surface area contributed by atoms with Gasteiger partial charge in [0.2, 0.25) is 0 Å². The summed E-state index contributed by atoms with van der Waals surface area (Å²) in [5.41, 5.74) is 3.90. The van der Waals surface area contributed by atoms with Gasteiger partial charge in [0.05, 0.1) is 6.20 Å². The van der Waals surface area contributed by atoms with Crippen molar-refractivity contribution in [2.75, 3.05) is 25.0 Å². The Bertz CT molecular complexity index is 556. The second-order valence-corrected chi connectivity index (χ2v) is 6.34. The zero-order chi connectivity index (χ0) is 15.2. The number of H-pyrrole nitrogens is 1. The largest absolute Gasteiger partial charge is 0.382 e.